The summed E-state index contributed by atoms with van der Waals surface area (Å²) in [7, 11) is 6.33. The maximum absolute atomic E-state index is 4.88. The Balaban J connectivity index is 1.74. The molecule has 2 aromatic carbocycles. The van der Waals surface area contributed by atoms with Crippen LogP contribution in [0, 0.1) is 0 Å². The van der Waals surface area contributed by atoms with Gasteiger partial charge in [-0.3, -0.25) is 0 Å². The number of hydrogen-bond acceptors (Lipinski definition) is 2. The van der Waals surface area contributed by atoms with Gasteiger partial charge in [0, 0.05) is 25.2 Å². The molecule has 3 aromatic heterocycles. The van der Waals surface area contributed by atoms with Gasteiger partial charge in [-0.2, -0.15) is 9.13 Å². The Kier molecular flexibility index (Phi) is 3.58. The Hall–Kier alpha value is -3.05. The van der Waals surface area contributed by atoms with Gasteiger partial charge in [-0.1, -0.05) is 35.6 Å². The van der Waals surface area contributed by atoms with E-state index < -0.39 is 0 Å². The largest absolute Gasteiger partial charge is 0.335 e. The smallest absolute Gasteiger partial charge is 0.322 e. The topological polar surface area (TPSA) is 25.6 Å². The molecule has 0 saturated carbocycles. The molecule has 0 aliphatic heterocycles. The van der Waals surface area contributed by atoms with Crippen molar-refractivity contribution in [3.05, 3.63) is 66.7 Å². The van der Waals surface area contributed by atoms with E-state index in [2.05, 4.69) is 95.5 Å². The fourth-order valence-electron chi connectivity index (χ4n) is 3.72. The number of para-hydroxylation sites is 3. The van der Waals surface area contributed by atoms with Crippen LogP contribution in [0.1, 0.15) is 0 Å². The van der Waals surface area contributed by atoms with Crippen molar-refractivity contribution in [2.24, 2.45) is 21.1 Å². The fraction of sp³-hybridized carbons (Fsp3) is 0.136. The Morgan fingerprint density at radius 1 is 0.815 bits per heavy atom. The van der Waals surface area contributed by atoms with E-state index in [4.69, 9.17) is 4.98 Å². The summed E-state index contributed by atoms with van der Waals surface area (Å²) in [5, 5.41) is 1.24. The number of imidazole rings is 1. The zero-order chi connectivity index (χ0) is 18.5. The van der Waals surface area contributed by atoms with Crippen LogP contribution in [-0.4, -0.2) is 9.55 Å². The molecule has 3 heterocycles. The molecule has 0 aliphatic rings. The van der Waals surface area contributed by atoms with E-state index >= 15 is 0 Å². The number of aromatic nitrogens is 4. The fourth-order valence-corrected chi connectivity index (χ4v) is 4.93. The lowest BCUT2D eigenvalue weighted by Crippen LogP contribution is -2.39. The third-order valence-electron chi connectivity index (χ3n) is 5.20. The van der Waals surface area contributed by atoms with Crippen LogP contribution in [0.25, 0.3) is 43.5 Å². The molecular weight excluding hydrogens is 352 g/mol. The highest BCUT2D eigenvalue weighted by molar-refractivity contribution is 7.21. The molecule has 0 aliphatic carbocycles. The van der Waals surface area contributed by atoms with Crippen molar-refractivity contribution in [2.45, 2.75) is 0 Å². The molecule has 5 rings (SSSR count). The lowest BCUT2D eigenvalue weighted by atomic mass is 10.2. The van der Waals surface area contributed by atoms with Gasteiger partial charge in [0.15, 0.2) is 0 Å². The van der Waals surface area contributed by atoms with Crippen LogP contribution in [0.4, 0.5) is 0 Å². The number of pyridine rings is 1. The molecule has 5 aromatic rings. The summed E-state index contributed by atoms with van der Waals surface area (Å²) in [6.07, 6.45) is 0. The quantitative estimate of drug-likeness (QED) is 0.433. The van der Waals surface area contributed by atoms with Gasteiger partial charge in [0.1, 0.15) is 18.8 Å². The Bertz CT molecular complexity index is 1210. The van der Waals surface area contributed by atoms with Crippen LogP contribution in [0.5, 0.6) is 0 Å². The van der Waals surface area contributed by atoms with Crippen LogP contribution < -0.4 is 9.13 Å². The summed E-state index contributed by atoms with van der Waals surface area (Å²) in [5.41, 5.74) is 5.70. The summed E-state index contributed by atoms with van der Waals surface area (Å²) in [6, 6.07) is 23.2. The third-order valence-corrected chi connectivity index (χ3v) is 6.45. The van der Waals surface area contributed by atoms with Crippen molar-refractivity contribution >= 4 is 32.6 Å². The minimum atomic E-state index is 0.976. The highest BCUT2D eigenvalue weighted by Gasteiger charge is 2.28. The summed E-state index contributed by atoms with van der Waals surface area (Å²) >= 11 is 1.82. The zero-order valence-corrected chi connectivity index (χ0v) is 16.4. The van der Waals surface area contributed by atoms with E-state index in [0.29, 0.717) is 0 Å². The van der Waals surface area contributed by atoms with E-state index in [1.54, 1.807) is 0 Å². The number of fused-ring (bicyclic) bond motifs is 2. The number of rotatable bonds is 2. The van der Waals surface area contributed by atoms with E-state index in [1.165, 1.54) is 20.9 Å². The van der Waals surface area contributed by atoms with Gasteiger partial charge in [-0.05, 0) is 24.3 Å². The number of nitrogens with zero attached hydrogens (tertiary/aromatic N) is 4. The summed E-state index contributed by atoms with van der Waals surface area (Å²) in [4.78, 5) is 4.88. The van der Waals surface area contributed by atoms with Gasteiger partial charge in [0.2, 0.25) is 17.0 Å². The molecular formula is C22H20N4S+2. The SMILES string of the molecule is Cn1c(-c2cccc(-c3sc4ccccc4[n+]3C)[n+]2C)nc2ccccc21. The first-order valence-corrected chi connectivity index (χ1v) is 9.75. The lowest BCUT2D eigenvalue weighted by molar-refractivity contribution is -0.670. The predicted molar refractivity (Wildman–Crippen MR) is 109 cm³/mol. The van der Waals surface area contributed by atoms with E-state index in [1.807, 2.05) is 17.4 Å². The van der Waals surface area contributed by atoms with Crippen LogP contribution in [0.3, 0.4) is 0 Å². The molecule has 0 radical (unpaired) electrons. The standard InChI is InChI=1S/C22H20N4S/c1-24-18(21-23-15-9-4-5-10-16(15)25(21)2)12-8-13-19(24)22-26(3)17-11-6-7-14-20(17)27-22/h4-14H,1-3H3/q+2. The minimum absolute atomic E-state index is 0.976. The van der Waals surface area contributed by atoms with E-state index in [0.717, 1.165) is 22.6 Å². The second kappa shape index (κ2) is 5.99. The number of hydrogen-bond donors (Lipinski definition) is 0. The molecule has 0 atom stereocenters. The Morgan fingerprint density at radius 3 is 2.37 bits per heavy atom. The van der Waals surface area contributed by atoms with Crippen LogP contribution in [-0.2, 0) is 21.1 Å². The minimum Gasteiger partial charge on any atom is -0.322 e. The maximum Gasteiger partial charge on any atom is 0.335 e. The lowest BCUT2D eigenvalue weighted by Gasteiger charge is -2.03. The van der Waals surface area contributed by atoms with Gasteiger partial charge in [-0.25, -0.2) is 4.98 Å². The molecule has 0 spiro atoms. The summed E-state index contributed by atoms with van der Waals surface area (Å²) < 4.78 is 7.97. The van der Waals surface area contributed by atoms with Gasteiger partial charge >= 0.3 is 5.01 Å². The Morgan fingerprint density at radius 2 is 1.56 bits per heavy atom. The van der Waals surface area contributed by atoms with E-state index in [9.17, 15) is 0 Å². The molecule has 0 amide bonds. The van der Waals surface area contributed by atoms with Crippen LogP contribution >= 0.6 is 11.3 Å². The molecule has 0 bridgehead atoms. The molecule has 0 saturated heterocycles. The van der Waals surface area contributed by atoms with Crippen LogP contribution in [0.2, 0.25) is 0 Å². The van der Waals surface area contributed by atoms with Crippen molar-refractivity contribution in [1.82, 2.24) is 9.55 Å². The second-order valence-electron chi connectivity index (χ2n) is 6.77. The number of thiazole rings is 1. The predicted octanol–water partition coefficient (Wildman–Crippen LogP) is 3.77. The highest BCUT2D eigenvalue weighted by atomic mass is 32.1. The molecule has 27 heavy (non-hydrogen) atoms. The van der Waals surface area contributed by atoms with Gasteiger partial charge in [-0.15, -0.1) is 0 Å². The monoisotopic (exact) mass is 372 g/mol. The van der Waals surface area contributed by atoms with Gasteiger partial charge < -0.3 is 4.57 Å². The molecule has 132 valence electrons. The first-order valence-electron chi connectivity index (χ1n) is 8.94. The third kappa shape index (κ3) is 2.39. The van der Waals surface area contributed by atoms with Crippen molar-refractivity contribution in [1.29, 1.82) is 0 Å². The normalized spacial score (nSPS) is 11.5. The summed E-state index contributed by atoms with van der Waals surface area (Å²) in [5.74, 6) is 0.976. The molecule has 0 fully saturated rings. The molecule has 0 N–H and O–H groups in total. The first kappa shape index (κ1) is 16.1. The number of aryl methyl sites for hydroxylation is 2. The molecule has 4 nitrogen and oxygen atoms in total. The number of benzene rings is 2. The second-order valence-corrected chi connectivity index (χ2v) is 7.80. The van der Waals surface area contributed by atoms with Crippen molar-refractivity contribution < 1.29 is 9.13 Å². The highest BCUT2D eigenvalue weighted by Crippen LogP contribution is 2.28. The van der Waals surface area contributed by atoms with Crippen molar-refractivity contribution in [2.75, 3.05) is 0 Å². The first-order chi connectivity index (χ1) is 13.1. The summed E-state index contributed by atoms with van der Waals surface area (Å²) in [6.45, 7) is 0. The molecule has 0 unspecified atom stereocenters. The van der Waals surface area contributed by atoms with Crippen molar-refractivity contribution in [3.63, 3.8) is 0 Å². The van der Waals surface area contributed by atoms with Gasteiger partial charge in [0.25, 0.3) is 5.69 Å². The Labute approximate surface area is 161 Å². The zero-order valence-electron chi connectivity index (χ0n) is 15.5. The average molecular weight is 372 g/mol. The van der Waals surface area contributed by atoms with Crippen LogP contribution in [0.15, 0.2) is 66.7 Å². The van der Waals surface area contributed by atoms with Crippen molar-refractivity contribution in [3.8, 4) is 22.2 Å². The maximum atomic E-state index is 4.88. The van der Waals surface area contributed by atoms with E-state index in [-0.39, 0.29) is 0 Å². The molecule has 5 heteroatoms. The van der Waals surface area contributed by atoms with Gasteiger partial charge in [0.05, 0.1) is 11.0 Å². The average Bonchev–Trinajstić information content (AvgIpc) is 3.20.